The smallest absolute Gasteiger partial charge is 0.269 e. The van der Waals surface area contributed by atoms with Crippen molar-refractivity contribution in [1.29, 1.82) is 0 Å². The standard InChI is InChI=1S/C20H21N3O5/c1-28-14-2-13-21-20(25)16-6-8-17(9-7-16)22-19(24)12-5-15-3-10-18(11-4-15)23(26)27/h3-12H,2,13-14H2,1H3,(H,21,25)(H,22,24)/b12-5+. The van der Waals surface area contributed by atoms with Gasteiger partial charge in [0.1, 0.15) is 0 Å². The number of benzene rings is 2. The van der Waals surface area contributed by atoms with Crippen LogP contribution < -0.4 is 10.6 Å². The zero-order valence-electron chi connectivity index (χ0n) is 15.4. The maximum absolute atomic E-state index is 12.0. The highest BCUT2D eigenvalue weighted by molar-refractivity contribution is 6.02. The Morgan fingerprint density at radius 1 is 1.11 bits per heavy atom. The quantitative estimate of drug-likeness (QED) is 0.299. The molecular formula is C20H21N3O5. The van der Waals surface area contributed by atoms with E-state index in [2.05, 4.69) is 10.6 Å². The van der Waals surface area contributed by atoms with Crippen molar-refractivity contribution >= 4 is 29.3 Å². The lowest BCUT2D eigenvalue weighted by atomic mass is 10.2. The molecule has 2 amide bonds. The number of carbonyl (C=O) groups is 2. The second-order valence-corrected chi connectivity index (χ2v) is 5.85. The number of ether oxygens (including phenoxy) is 1. The summed E-state index contributed by atoms with van der Waals surface area (Å²) in [6.07, 6.45) is 3.62. The Balaban J connectivity index is 1.86. The van der Waals surface area contributed by atoms with E-state index in [9.17, 15) is 19.7 Å². The van der Waals surface area contributed by atoms with E-state index in [0.717, 1.165) is 6.42 Å². The summed E-state index contributed by atoms with van der Waals surface area (Å²) in [6.45, 7) is 1.11. The molecule has 0 spiro atoms. The molecule has 2 rings (SSSR count). The number of anilines is 1. The molecule has 0 heterocycles. The number of nitrogens with zero attached hydrogens (tertiary/aromatic N) is 1. The molecule has 0 aliphatic heterocycles. The van der Waals surface area contributed by atoms with Gasteiger partial charge >= 0.3 is 0 Å². The van der Waals surface area contributed by atoms with Gasteiger partial charge in [-0.25, -0.2) is 0 Å². The first-order valence-corrected chi connectivity index (χ1v) is 8.60. The number of carbonyl (C=O) groups excluding carboxylic acids is 2. The van der Waals surface area contributed by atoms with Crippen LogP contribution in [-0.2, 0) is 9.53 Å². The molecule has 0 aliphatic rings. The third kappa shape index (κ3) is 6.65. The van der Waals surface area contributed by atoms with Crippen LogP contribution in [0.3, 0.4) is 0 Å². The predicted molar refractivity (Wildman–Crippen MR) is 106 cm³/mol. The van der Waals surface area contributed by atoms with E-state index in [4.69, 9.17) is 4.74 Å². The molecule has 8 nitrogen and oxygen atoms in total. The van der Waals surface area contributed by atoms with Gasteiger partial charge in [0.25, 0.3) is 11.6 Å². The van der Waals surface area contributed by atoms with Gasteiger partial charge in [0, 0.05) is 49.7 Å². The number of nitrogens with one attached hydrogen (secondary N) is 2. The average Bonchev–Trinajstić information content (AvgIpc) is 2.70. The van der Waals surface area contributed by atoms with Gasteiger partial charge in [0.15, 0.2) is 0 Å². The van der Waals surface area contributed by atoms with Crippen molar-refractivity contribution in [3.8, 4) is 0 Å². The lowest BCUT2D eigenvalue weighted by Gasteiger charge is -2.06. The maximum atomic E-state index is 12.0. The number of amides is 2. The van der Waals surface area contributed by atoms with Crippen LogP contribution in [0, 0.1) is 10.1 Å². The highest BCUT2D eigenvalue weighted by Gasteiger charge is 2.06. The molecule has 8 heteroatoms. The highest BCUT2D eigenvalue weighted by atomic mass is 16.6. The molecule has 0 atom stereocenters. The summed E-state index contributed by atoms with van der Waals surface area (Å²) < 4.78 is 4.92. The molecule has 0 saturated carbocycles. The molecule has 2 aromatic carbocycles. The van der Waals surface area contributed by atoms with Crippen molar-refractivity contribution in [2.24, 2.45) is 0 Å². The Morgan fingerprint density at radius 3 is 2.39 bits per heavy atom. The van der Waals surface area contributed by atoms with Gasteiger partial charge in [-0.2, -0.15) is 0 Å². The molecule has 28 heavy (non-hydrogen) atoms. The Morgan fingerprint density at radius 2 is 1.79 bits per heavy atom. The molecule has 0 saturated heterocycles. The summed E-state index contributed by atoms with van der Waals surface area (Å²) in [5.74, 6) is -0.540. The minimum atomic E-state index is -0.482. The molecule has 0 aliphatic carbocycles. The van der Waals surface area contributed by atoms with Crippen LogP contribution in [0.25, 0.3) is 6.08 Å². The minimum absolute atomic E-state index is 0.00979. The molecule has 2 N–H and O–H groups in total. The van der Waals surface area contributed by atoms with Crippen molar-refractivity contribution in [3.05, 3.63) is 75.8 Å². The Labute approximate surface area is 162 Å². The van der Waals surface area contributed by atoms with Gasteiger partial charge in [-0.15, -0.1) is 0 Å². The van der Waals surface area contributed by atoms with Crippen LogP contribution in [0.5, 0.6) is 0 Å². The number of methoxy groups -OCH3 is 1. The maximum Gasteiger partial charge on any atom is 0.269 e. The van der Waals surface area contributed by atoms with Crippen LogP contribution in [0.2, 0.25) is 0 Å². The summed E-state index contributed by atoms with van der Waals surface area (Å²) in [5.41, 5.74) is 1.71. The highest BCUT2D eigenvalue weighted by Crippen LogP contribution is 2.13. The first-order valence-electron chi connectivity index (χ1n) is 8.60. The predicted octanol–water partition coefficient (Wildman–Crippen LogP) is 3.01. The number of nitro groups is 1. The van der Waals surface area contributed by atoms with Gasteiger partial charge in [-0.05, 0) is 54.5 Å². The molecule has 0 aromatic heterocycles. The van der Waals surface area contributed by atoms with Crippen LogP contribution >= 0.6 is 0 Å². The van der Waals surface area contributed by atoms with E-state index >= 15 is 0 Å². The van der Waals surface area contributed by atoms with Crippen LogP contribution in [-0.4, -0.2) is 37.0 Å². The second-order valence-electron chi connectivity index (χ2n) is 5.85. The van der Waals surface area contributed by atoms with Crippen molar-refractivity contribution < 1.29 is 19.2 Å². The summed E-state index contributed by atoms with van der Waals surface area (Å²) in [5, 5.41) is 16.1. The number of nitro benzene ring substituents is 1. The third-order valence-corrected chi connectivity index (χ3v) is 3.76. The van der Waals surface area contributed by atoms with Crippen LogP contribution in [0.15, 0.2) is 54.6 Å². The SMILES string of the molecule is COCCCNC(=O)c1ccc(NC(=O)/C=C/c2ccc([N+](=O)[O-])cc2)cc1. The number of hydrogen-bond donors (Lipinski definition) is 2. The minimum Gasteiger partial charge on any atom is -0.385 e. The molecule has 0 unspecified atom stereocenters. The summed E-state index contributed by atoms with van der Waals surface area (Å²) in [7, 11) is 1.61. The molecule has 0 radical (unpaired) electrons. The first-order chi connectivity index (χ1) is 13.5. The van der Waals surface area contributed by atoms with E-state index < -0.39 is 4.92 Å². The number of rotatable bonds is 9. The van der Waals surface area contributed by atoms with Crippen molar-refractivity contribution in [1.82, 2.24) is 5.32 Å². The van der Waals surface area contributed by atoms with E-state index in [0.29, 0.717) is 30.0 Å². The van der Waals surface area contributed by atoms with Crippen molar-refractivity contribution in [2.75, 3.05) is 25.6 Å². The molecular weight excluding hydrogens is 362 g/mol. The molecule has 2 aromatic rings. The summed E-state index contributed by atoms with van der Waals surface area (Å²) >= 11 is 0. The Hall–Kier alpha value is -3.52. The summed E-state index contributed by atoms with van der Waals surface area (Å²) in [4.78, 5) is 34.1. The zero-order valence-corrected chi connectivity index (χ0v) is 15.4. The van der Waals surface area contributed by atoms with Crippen LogP contribution in [0.4, 0.5) is 11.4 Å². The largest absolute Gasteiger partial charge is 0.385 e. The van der Waals surface area contributed by atoms with E-state index in [-0.39, 0.29) is 17.5 Å². The fraction of sp³-hybridized carbons (Fsp3) is 0.200. The van der Waals surface area contributed by atoms with Gasteiger partial charge in [0.2, 0.25) is 5.91 Å². The fourth-order valence-electron chi connectivity index (χ4n) is 2.29. The average molecular weight is 383 g/mol. The normalized spacial score (nSPS) is 10.6. The second kappa shape index (κ2) is 10.6. The molecule has 146 valence electrons. The number of non-ortho nitro benzene ring substituents is 1. The Kier molecular flexibility index (Phi) is 7.86. The first kappa shape index (κ1) is 20.8. The van der Waals surface area contributed by atoms with Gasteiger partial charge in [0.05, 0.1) is 4.92 Å². The monoisotopic (exact) mass is 383 g/mol. The van der Waals surface area contributed by atoms with Crippen molar-refractivity contribution in [3.63, 3.8) is 0 Å². The van der Waals surface area contributed by atoms with E-state index in [1.165, 1.54) is 18.2 Å². The topological polar surface area (TPSA) is 111 Å². The lowest BCUT2D eigenvalue weighted by Crippen LogP contribution is -2.25. The third-order valence-electron chi connectivity index (χ3n) is 3.76. The van der Waals surface area contributed by atoms with Crippen LogP contribution in [0.1, 0.15) is 22.3 Å². The van der Waals surface area contributed by atoms with Crippen molar-refractivity contribution in [2.45, 2.75) is 6.42 Å². The molecule has 0 fully saturated rings. The van der Waals surface area contributed by atoms with Gasteiger partial charge < -0.3 is 15.4 Å². The Bertz CT molecular complexity index is 845. The van der Waals surface area contributed by atoms with E-state index in [1.807, 2.05) is 0 Å². The lowest BCUT2D eigenvalue weighted by molar-refractivity contribution is -0.384. The zero-order chi connectivity index (χ0) is 20.4. The van der Waals surface area contributed by atoms with E-state index in [1.54, 1.807) is 49.6 Å². The fourth-order valence-corrected chi connectivity index (χ4v) is 2.29. The molecule has 0 bridgehead atoms. The summed E-state index contributed by atoms with van der Waals surface area (Å²) in [6, 6.07) is 12.4. The van der Waals surface area contributed by atoms with Gasteiger partial charge in [-0.1, -0.05) is 0 Å². The number of hydrogen-bond acceptors (Lipinski definition) is 5. The van der Waals surface area contributed by atoms with Gasteiger partial charge in [-0.3, -0.25) is 19.7 Å².